The number of nitrogens with one attached hydrogen (secondary N) is 1. The molecule has 2 N–H and O–H groups in total. The summed E-state index contributed by atoms with van der Waals surface area (Å²) >= 11 is 0. The molecule has 0 aromatic carbocycles. The molecule has 1 aromatic rings. The number of aliphatic hydroxyl groups is 1. The van der Waals surface area contributed by atoms with E-state index in [2.05, 4.69) is 15.3 Å². The van der Waals surface area contributed by atoms with Gasteiger partial charge in [-0.15, -0.1) is 0 Å². The molecule has 0 amide bonds. The Hall–Kier alpha value is -1.40. The Morgan fingerprint density at radius 2 is 2.24 bits per heavy atom. The number of anilines is 1. The van der Waals surface area contributed by atoms with Gasteiger partial charge in [0.25, 0.3) is 0 Å². The van der Waals surface area contributed by atoms with Crippen LogP contribution in [0.15, 0.2) is 12.3 Å². The molecule has 1 heterocycles. The van der Waals surface area contributed by atoms with Crippen molar-refractivity contribution in [2.45, 2.75) is 12.5 Å². The maximum atomic E-state index is 10.1. The van der Waals surface area contributed by atoms with Crippen molar-refractivity contribution < 1.29 is 9.84 Å². The standard InChI is InChI=1S/C11H20N4O2/c1-11(16,8-15(2)3)7-13-10-12-6-5-9(14-10)17-4/h5-6,16H,7-8H2,1-4H3,(H,12,13,14). The summed E-state index contributed by atoms with van der Waals surface area (Å²) in [5, 5.41) is 13.1. The van der Waals surface area contributed by atoms with Gasteiger partial charge in [-0.3, -0.25) is 0 Å². The topological polar surface area (TPSA) is 70.5 Å². The molecular formula is C11H20N4O2. The Balaban J connectivity index is 2.54. The average Bonchev–Trinajstić information content (AvgIpc) is 2.25. The number of aromatic nitrogens is 2. The lowest BCUT2D eigenvalue weighted by molar-refractivity contribution is 0.0458. The van der Waals surface area contributed by atoms with Crippen LogP contribution in [0.3, 0.4) is 0 Å². The van der Waals surface area contributed by atoms with Crippen LogP contribution in [0.4, 0.5) is 5.95 Å². The molecule has 17 heavy (non-hydrogen) atoms. The fourth-order valence-electron chi connectivity index (χ4n) is 1.55. The Labute approximate surface area is 102 Å². The Morgan fingerprint density at radius 1 is 1.53 bits per heavy atom. The number of methoxy groups -OCH3 is 1. The molecule has 0 spiro atoms. The second-order valence-corrected chi connectivity index (χ2v) is 4.51. The Kier molecular flexibility index (Phi) is 4.65. The molecule has 0 aliphatic carbocycles. The van der Waals surface area contributed by atoms with Gasteiger partial charge in [0.1, 0.15) is 0 Å². The van der Waals surface area contributed by atoms with Crippen LogP contribution in [0.1, 0.15) is 6.92 Å². The predicted octanol–water partition coefficient (Wildman–Crippen LogP) is 0.210. The first kappa shape index (κ1) is 13.7. The van der Waals surface area contributed by atoms with Gasteiger partial charge in [0.2, 0.25) is 11.8 Å². The van der Waals surface area contributed by atoms with E-state index in [-0.39, 0.29) is 0 Å². The summed E-state index contributed by atoms with van der Waals surface area (Å²) in [6.45, 7) is 2.70. The van der Waals surface area contributed by atoms with Crippen LogP contribution in [-0.2, 0) is 0 Å². The molecule has 0 aliphatic rings. The van der Waals surface area contributed by atoms with E-state index in [9.17, 15) is 5.11 Å². The number of rotatable bonds is 6. The summed E-state index contributed by atoms with van der Waals surface area (Å²) in [4.78, 5) is 10.1. The minimum Gasteiger partial charge on any atom is -0.481 e. The van der Waals surface area contributed by atoms with Gasteiger partial charge in [0, 0.05) is 25.4 Å². The van der Waals surface area contributed by atoms with Crippen molar-refractivity contribution in [1.29, 1.82) is 0 Å². The smallest absolute Gasteiger partial charge is 0.226 e. The van der Waals surface area contributed by atoms with E-state index in [4.69, 9.17) is 4.74 Å². The molecule has 1 atom stereocenters. The van der Waals surface area contributed by atoms with E-state index in [1.807, 2.05) is 19.0 Å². The fraction of sp³-hybridized carbons (Fsp3) is 0.636. The van der Waals surface area contributed by atoms with Crippen molar-refractivity contribution in [3.63, 3.8) is 0 Å². The second kappa shape index (κ2) is 5.79. The third-order valence-electron chi connectivity index (χ3n) is 2.12. The van der Waals surface area contributed by atoms with Crippen LogP contribution in [0, 0.1) is 0 Å². The van der Waals surface area contributed by atoms with Crippen molar-refractivity contribution >= 4 is 5.95 Å². The molecule has 1 aromatic heterocycles. The summed E-state index contributed by atoms with van der Waals surface area (Å²) in [5.41, 5.74) is -0.837. The van der Waals surface area contributed by atoms with Crippen molar-refractivity contribution in [3.05, 3.63) is 12.3 Å². The third-order valence-corrected chi connectivity index (χ3v) is 2.12. The van der Waals surface area contributed by atoms with Gasteiger partial charge in [0.05, 0.1) is 12.7 Å². The number of nitrogens with zero attached hydrogens (tertiary/aromatic N) is 3. The first-order chi connectivity index (χ1) is 7.93. The zero-order valence-electron chi connectivity index (χ0n) is 10.8. The number of hydrogen-bond donors (Lipinski definition) is 2. The van der Waals surface area contributed by atoms with Crippen molar-refractivity contribution in [3.8, 4) is 5.88 Å². The van der Waals surface area contributed by atoms with Crippen LogP contribution in [0.25, 0.3) is 0 Å². The third kappa shape index (κ3) is 4.97. The van der Waals surface area contributed by atoms with E-state index in [0.29, 0.717) is 24.9 Å². The molecule has 0 fully saturated rings. The van der Waals surface area contributed by atoms with Crippen molar-refractivity contribution in [2.24, 2.45) is 0 Å². The highest BCUT2D eigenvalue weighted by Crippen LogP contribution is 2.10. The van der Waals surface area contributed by atoms with Crippen LogP contribution in [0.5, 0.6) is 5.88 Å². The maximum Gasteiger partial charge on any atom is 0.226 e. The van der Waals surface area contributed by atoms with Crippen LogP contribution >= 0.6 is 0 Å². The van der Waals surface area contributed by atoms with Crippen molar-refractivity contribution in [2.75, 3.05) is 39.6 Å². The fourth-order valence-corrected chi connectivity index (χ4v) is 1.55. The number of hydrogen-bond acceptors (Lipinski definition) is 6. The first-order valence-corrected chi connectivity index (χ1v) is 5.41. The molecule has 6 nitrogen and oxygen atoms in total. The molecule has 0 bridgehead atoms. The van der Waals surface area contributed by atoms with Crippen molar-refractivity contribution in [1.82, 2.24) is 14.9 Å². The highest BCUT2D eigenvalue weighted by Gasteiger charge is 2.21. The second-order valence-electron chi connectivity index (χ2n) is 4.51. The lowest BCUT2D eigenvalue weighted by Crippen LogP contribution is -2.43. The zero-order valence-corrected chi connectivity index (χ0v) is 10.8. The number of ether oxygens (including phenoxy) is 1. The normalized spacial score (nSPS) is 14.5. The minimum absolute atomic E-state index is 0.373. The molecular weight excluding hydrogens is 220 g/mol. The average molecular weight is 240 g/mol. The highest BCUT2D eigenvalue weighted by molar-refractivity contribution is 5.27. The zero-order chi connectivity index (χ0) is 12.9. The summed E-state index contributed by atoms with van der Waals surface area (Å²) in [6, 6.07) is 1.67. The van der Waals surface area contributed by atoms with Gasteiger partial charge < -0.3 is 20.1 Å². The molecule has 1 rings (SSSR count). The predicted molar refractivity (Wildman–Crippen MR) is 66.3 cm³/mol. The van der Waals surface area contributed by atoms with Crippen LogP contribution < -0.4 is 10.1 Å². The Morgan fingerprint density at radius 3 is 2.82 bits per heavy atom. The molecule has 0 saturated carbocycles. The first-order valence-electron chi connectivity index (χ1n) is 5.41. The van der Waals surface area contributed by atoms with Crippen LogP contribution in [-0.4, -0.2) is 59.9 Å². The van der Waals surface area contributed by atoms with E-state index < -0.39 is 5.60 Å². The van der Waals surface area contributed by atoms with E-state index >= 15 is 0 Å². The molecule has 6 heteroatoms. The van der Waals surface area contributed by atoms with E-state index in [1.165, 1.54) is 0 Å². The lowest BCUT2D eigenvalue weighted by atomic mass is 10.1. The van der Waals surface area contributed by atoms with Gasteiger partial charge in [0.15, 0.2) is 0 Å². The molecule has 0 radical (unpaired) electrons. The lowest BCUT2D eigenvalue weighted by Gasteiger charge is -2.27. The summed E-state index contributed by atoms with van der Waals surface area (Å²) in [6.07, 6.45) is 1.61. The molecule has 0 aliphatic heterocycles. The van der Waals surface area contributed by atoms with Gasteiger partial charge >= 0.3 is 0 Å². The summed E-state index contributed by atoms with van der Waals surface area (Å²) in [5.74, 6) is 0.943. The van der Waals surface area contributed by atoms with Crippen LogP contribution in [0.2, 0.25) is 0 Å². The quantitative estimate of drug-likeness (QED) is 0.740. The van der Waals surface area contributed by atoms with E-state index in [1.54, 1.807) is 26.3 Å². The van der Waals surface area contributed by atoms with Gasteiger partial charge in [-0.25, -0.2) is 4.98 Å². The summed E-state index contributed by atoms with van der Waals surface area (Å²) < 4.78 is 4.99. The van der Waals surface area contributed by atoms with Gasteiger partial charge in [-0.2, -0.15) is 4.98 Å². The molecule has 1 unspecified atom stereocenters. The monoisotopic (exact) mass is 240 g/mol. The summed E-state index contributed by atoms with van der Waals surface area (Å²) in [7, 11) is 5.38. The molecule has 0 saturated heterocycles. The minimum atomic E-state index is -0.837. The number of likely N-dealkylation sites (N-methyl/N-ethyl adjacent to an activating group) is 1. The van der Waals surface area contributed by atoms with Gasteiger partial charge in [-0.1, -0.05) is 0 Å². The molecule has 96 valence electrons. The maximum absolute atomic E-state index is 10.1. The largest absolute Gasteiger partial charge is 0.481 e. The Bertz CT molecular complexity index is 355. The SMILES string of the molecule is COc1ccnc(NCC(C)(O)CN(C)C)n1. The van der Waals surface area contributed by atoms with Gasteiger partial charge in [-0.05, 0) is 21.0 Å². The van der Waals surface area contributed by atoms with E-state index in [0.717, 1.165) is 0 Å². The highest BCUT2D eigenvalue weighted by atomic mass is 16.5.